The molecule has 1 amide bonds. The van der Waals surface area contributed by atoms with Gasteiger partial charge in [0.2, 0.25) is 5.91 Å². The van der Waals surface area contributed by atoms with Gasteiger partial charge in [-0.1, -0.05) is 36.4 Å². The third-order valence-electron chi connectivity index (χ3n) is 4.13. The van der Waals surface area contributed by atoms with Crippen LogP contribution in [0.2, 0.25) is 0 Å². The second-order valence-electron chi connectivity index (χ2n) is 5.29. The molecule has 0 N–H and O–H groups in total. The van der Waals surface area contributed by atoms with Crippen LogP contribution in [0.4, 0.5) is 0 Å². The summed E-state index contributed by atoms with van der Waals surface area (Å²) in [5.41, 5.74) is 0.709. The first-order chi connectivity index (χ1) is 9.27. The molecule has 3 rings (SSSR count). The molecule has 3 heteroatoms. The molecule has 3 nitrogen and oxygen atoms in total. The van der Waals surface area contributed by atoms with Gasteiger partial charge >= 0.3 is 0 Å². The zero-order valence-corrected chi connectivity index (χ0v) is 11.0. The van der Waals surface area contributed by atoms with E-state index in [1.165, 1.54) is 0 Å². The van der Waals surface area contributed by atoms with E-state index in [4.69, 9.17) is 4.74 Å². The Hall–Kier alpha value is -1.61. The van der Waals surface area contributed by atoms with E-state index in [1.807, 2.05) is 29.2 Å². The molecule has 2 aliphatic heterocycles. The Kier molecular flexibility index (Phi) is 3.15. The molecule has 0 aliphatic carbocycles. The predicted octanol–water partition coefficient (Wildman–Crippen LogP) is 3.04. The summed E-state index contributed by atoms with van der Waals surface area (Å²) in [4.78, 5) is 14.3. The van der Waals surface area contributed by atoms with E-state index in [-0.39, 0.29) is 11.9 Å². The van der Waals surface area contributed by atoms with E-state index in [0.717, 1.165) is 18.4 Å². The van der Waals surface area contributed by atoms with Crippen LogP contribution in [0.25, 0.3) is 0 Å². The van der Waals surface area contributed by atoms with Crippen molar-refractivity contribution in [3.05, 3.63) is 48.6 Å². The summed E-state index contributed by atoms with van der Waals surface area (Å²) in [6.07, 6.45) is 5.02. The highest BCUT2D eigenvalue weighted by molar-refractivity contribution is 5.78. The van der Waals surface area contributed by atoms with Gasteiger partial charge in [-0.05, 0) is 18.4 Å². The normalized spacial score (nSPS) is 30.2. The number of nitrogens with zero attached hydrogens (tertiary/aromatic N) is 1. The van der Waals surface area contributed by atoms with Gasteiger partial charge in [0.25, 0.3) is 0 Å². The summed E-state index contributed by atoms with van der Waals surface area (Å²) >= 11 is 0. The molecule has 19 heavy (non-hydrogen) atoms. The van der Waals surface area contributed by atoms with E-state index in [9.17, 15) is 4.79 Å². The van der Waals surface area contributed by atoms with E-state index >= 15 is 0 Å². The Morgan fingerprint density at radius 2 is 2.21 bits per heavy atom. The SMILES string of the molecule is C=CC[C@]12CCCC(=O)N1[C@H](c1ccccc1)CO2. The number of rotatable bonds is 3. The van der Waals surface area contributed by atoms with Crippen LogP contribution in [0.3, 0.4) is 0 Å². The fourth-order valence-electron chi connectivity index (χ4n) is 3.30. The Balaban J connectivity index is 1.96. The van der Waals surface area contributed by atoms with Gasteiger partial charge in [-0.25, -0.2) is 0 Å². The maximum absolute atomic E-state index is 12.4. The molecule has 2 saturated heterocycles. The summed E-state index contributed by atoms with van der Waals surface area (Å²) in [5, 5.41) is 0. The number of piperidine rings is 1. The molecule has 100 valence electrons. The number of carbonyl (C=O) groups is 1. The second-order valence-corrected chi connectivity index (χ2v) is 5.29. The highest BCUT2D eigenvalue weighted by atomic mass is 16.5. The fourth-order valence-corrected chi connectivity index (χ4v) is 3.30. The number of benzene rings is 1. The van der Waals surface area contributed by atoms with Gasteiger partial charge in [-0.15, -0.1) is 6.58 Å². The average molecular weight is 257 g/mol. The summed E-state index contributed by atoms with van der Waals surface area (Å²) in [7, 11) is 0. The molecule has 0 spiro atoms. The van der Waals surface area contributed by atoms with Crippen molar-refractivity contribution in [3.63, 3.8) is 0 Å². The number of hydrogen-bond donors (Lipinski definition) is 0. The van der Waals surface area contributed by atoms with Gasteiger partial charge in [-0.3, -0.25) is 4.79 Å². The van der Waals surface area contributed by atoms with Crippen molar-refractivity contribution in [2.24, 2.45) is 0 Å². The van der Waals surface area contributed by atoms with Crippen molar-refractivity contribution < 1.29 is 9.53 Å². The van der Waals surface area contributed by atoms with Crippen LogP contribution < -0.4 is 0 Å². The smallest absolute Gasteiger partial charge is 0.225 e. The van der Waals surface area contributed by atoms with Crippen LogP contribution in [0.5, 0.6) is 0 Å². The largest absolute Gasteiger partial charge is 0.353 e. The standard InChI is InChI=1S/C16H19NO2/c1-2-10-16-11-6-9-15(18)17(16)14(12-19-16)13-7-4-3-5-8-13/h2-5,7-8,14H,1,6,9-12H2/t14-,16-/m0/s1. The number of hydrogen-bond acceptors (Lipinski definition) is 2. The second kappa shape index (κ2) is 4.82. The molecule has 1 aromatic carbocycles. The van der Waals surface area contributed by atoms with Gasteiger partial charge in [0.05, 0.1) is 12.6 Å². The molecular weight excluding hydrogens is 238 g/mol. The number of ether oxygens (including phenoxy) is 1. The summed E-state index contributed by atoms with van der Waals surface area (Å²) in [6.45, 7) is 4.40. The maximum atomic E-state index is 12.4. The monoisotopic (exact) mass is 257 g/mol. The molecule has 0 bridgehead atoms. The van der Waals surface area contributed by atoms with Crippen LogP contribution in [0.15, 0.2) is 43.0 Å². The topological polar surface area (TPSA) is 29.5 Å². The zero-order chi connectivity index (χ0) is 13.3. The molecule has 0 radical (unpaired) electrons. The molecule has 0 aromatic heterocycles. The van der Waals surface area contributed by atoms with E-state index < -0.39 is 5.72 Å². The van der Waals surface area contributed by atoms with Crippen molar-refractivity contribution in [1.29, 1.82) is 0 Å². The Bertz CT molecular complexity index is 485. The molecular formula is C16H19NO2. The maximum Gasteiger partial charge on any atom is 0.225 e. The zero-order valence-electron chi connectivity index (χ0n) is 11.0. The Labute approximate surface area is 113 Å². The Morgan fingerprint density at radius 3 is 2.95 bits per heavy atom. The van der Waals surface area contributed by atoms with E-state index in [1.54, 1.807) is 0 Å². The lowest BCUT2D eigenvalue weighted by atomic mass is 9.93. The van der Waals surface area contributed by atoms with Gasteiger partial charge in [0.1, 0.15) is 5.72 Å². The highest BCUT2D eigenvalue weighted by Gasteiger charge is 2.51. The van der Waals surface area contributed by atoms with Crippen LogP contribution >= 0.6 is 0 Å². The molecule has 2 aliphatic rings. The van der Waals surface area contributed by atoms with E-state index in [2.05, 4.69) is 18.7 Å². The third kappa shape index (κ3) is 1.98. The number of fused-ring (bicyclic) bond motifs is 1. The van der Waals surface area contributed by atoms with Crippen LogP contribution in [-0.4, -0.2) is 23.1 Å². The highest BCUT2D eigenvalue weighted by Crippen LogP contribution is 2.45. The first kappa shape index (κ1) is 12.4. The number of carbonyl (C=O) groups excluding carboxylic acids is 1. The van der Waals surface area contributed by atoms with Crippen molar-refractivity contribution in [2.45, 2.75) is 37.5 Å². The lowest BCUT2D eigenvalue weighted by Crippen LogP contribution is -2.51. The summed E-state index contributed by atoms with van der Waals surface area (Å²) in [6, 6.07) is 10.2. The van der Waals surface area contributed by atoms with Gasteiger partial charge in [-0.2, -0.15) is 0 Å². The molecule has 1 aromatic rings. The minimum atomic E-state index is -0.447. The average Bonchev–Trinajstić information content (AvgIpc) is 2.81. The molecule has 0 saturated carbocycles. The van der Waals surface area contributed by atoms with E-state index in [0.29, 0.717) is 19.4 Å². The molecule has 0 unspecified atom stereocenters. The minimum absolute atomic E-state index is 0.0500. The third-order valence-corrected chi connectivity index (χ3v) is 4.13. The molecule has 2 atom stereocenters. The van der Waals surface area contributed by atoms with Gasteiger partial charge in [0, 0.05) is 12.8 Å². The van der Waals surface area contributed by atoms with Crippen molar-refractivity contribution in [3.8, 4) is 0 Å². The summed E-state index contributed by atoms with van der Waals surface area (Å²) < 4.78 is 6.06. The van der Waals surface area contributed by atoms with Gasteiger partial charge < -0.3 is 9.64 Å². The Morgan fingerprint density at radius 1 is 1.42 bits per heavy atom. The predicted molar refractivity (Wildman–Crippen MR) is 73.4 cm³/mol. The van der Waals surface area contributed by atoms with Crippen LogP contribution in [0, 0.1) is 0 Å². The molecule has 2 heterocycles. The minimum Gasteiger partial charge on any atom is -0.353 e. The van der Waals surface area contributed by atoms with Crippen LogP contribution in [0.1, 0.15) is 37.3 Å². The first-order valence-corrected chi connectivity index (χ1v) is 6.89. The van der Waals surface area contributed by atoms with Crippen LogP contribution in [-0.2, 0) is 9.53 Å². The van der Waals surface area contributed by atoms with Crippen molar-refractivity contribution in [2.75, 3.05) is 6.61 Å². The lowest BCUT2D eigenvalue weighted by molar-refractivity contribution is -0.160. The fraction of sp³-hybridized carbons (Fsp3) is 0.438. The lowest BCUT2D eigenvalue weighted by Gasteiger charge is -2.42. The summed E-state index contributed by atoms with van der Waals surface area (Å²) in [5.74, 6) is 0.208. The quantitative estimate of drug-likeness (QED) is 0.779. The number of amides is 1. The van der Waals surface area contributed by atoms with Crippen molar-refractivity contribution >= 4 is 5.91 Å². The first-order valence-electron chi connectivity index (χ1n) is 6.89. The van der Waals surface area contributed by atoms with Gasteiger partial charge in [0.15, 0.2) is 0 Å². The van der Waals surface area contributed by atoms with Crippen molar-refractivity contribution in [1.82, 2.24) is 4.90 Å². The molecule has 2 fully saturated rings.